The minimum absolute atomic E-state index is 0.00531. The van der Waals surface area contributed by atoms with Crippen LogP contribution in [-0.4, -0.2) is 12.6 Å². The van der Waals surface area contributed by atoms with Crippen LogP contribution in [0.25, 0.3) is 0 Å². The lowest BCUT2D eigenvalue weighted by Crippen LogP contribution is -2.22. The van der Waals surface area contributed by atoms with Crippen molar-refractivity contribution in [3.63, 3.8) is 0 Å². The molecule has 0 saturated heterocycles. The molecule has 0 amide bonds. The standard InChI is InChI=1S/C20H30O2/c1-12(2)6-5-7-13(3)15-9-8-14(4)16-10-17(16)18-11-22-20(21)19(15)18/h6,13-17H,5,7-11H2,1-4H3/t13-,14-,15+,16+,17+/m0/s1. The third kappa shape index (κ3) is 3.02. The van der Waals surface area contributed by atoms with Gasteiger partial charge in [-0.25, -0.2) is 4.79 Å². The van der Waals surface area contributed by atoms with Gasteiger partial charge in [0.05, 0.1) is 0 Å². The molecule has 0 aromatic carbocycles. The minimum atomic E-state index is -0.00531. The van der Waals surface area contributed by atoms with E-state index in [0.717, 1.165) is 30.3 Å². The van der Waals surface area contributed by atoms with Gasteiger partial charge in [0.1, 0.15) is 6.61 Å². The summed E-state index contributed by atoms with van der Waals surface area (Å²) < 4.78 is 5.44. The van der Waals surface area contributed by atoms with Crippen LogP contribution in [0, 0.1) is 29.6 Å². The van der Waals surface area contributed by atoms with Crippen molar-refractivity contribution >= 4 is 5.97 Å². The number of allylic oxidation sites excluding steroid dienone is 2. The van der Waals surface area contributed by atoms with Gasteiger partial charge in [0.2, 0.25) is 0 Å². The molecule has 5 atom stereocenters. The number of carbonyl (C=O) groups is 1. The number of hydrogen-bond acceptors (Lipinski definition) is 2. The zero-order chi connectivity index (χ0) is 15.9. The summed E-state index contributed by atoms with van der Waals surface area (Å²) in [6, 6.07) is 0. The first-order valence-electron chi connectivity index (χ1n) is 9.02. The van der Waals surface area contributed by atoms with Crippen LogP contribution >= 0.6 is 0 Å². The Kier molecular flexibility index (Phi) is 4.47. The number of cyclic esters (lactones) is 1. The lowest BCUT2D eigenvalue weighted by atomic mass is 9.75. The molecule has 1 aliphatic heterocycles. The average molecular weight is 302 g/mol. The summed E-state index contributed by atoms with van der Waals surface area (Å²) >= 11 is 0. The summed E-state index contributed by atoms with van der Waals surface area (Å²) in [6.07, 6.45) is 8.33. The largest absolute Gasteiger partial charge is 0.458 e. The van der Waals surface area contributed by atoms with Crippen LogP contribution < -0.4 is 0 Å². The highest BCUT2D eigenvalue weighted by atomic mass is 16.5. The third-order valence-corrected chi connectivity index (χ3v) is 6.11. The Morgan fingerprint density at radius 1 is 1.36 bits per heavy atom. The van der Waals surface area contributed by atoms with Crippen molar-refractivity contribution in [3.05, 3.63) is 22.8 Å². The Bertz CT molecular complexity index is 510. The van der Waals surface area contributed by atoms with Crippen LogP contribution in [0.5, 0.6) is 0 Å². The second-order valence-corrected chi connectivity index (χ2v) is 8.02. The van der Waals surface area contributed by atoms with Crippen LogP contribution in [0.15, 0.2) is 22.8 Å². The second-order valence-electron chi connectivity index (χ2n) is 8.02. The van der Waals surface area contributed by atoms with Gasteiger partial charge in [-0.05, 0) is 81.1 Å². The minimum Gasteiger partial charge on any atom is -0.458 e. The van der Waals surface area contributed by atoms with E-state index >= 15 is 0 Å². The molecule has 0 unspecified atom stereocenters. The fraction of sp³-hybridized carbons (Fsp3) is 0.750. The molecule has 22 heavy (non-hydrogen) atoms. The number of ether oxygens (including phenoxy) is 1. The first-order valence-corrected chi connectivity index (χ1v) is 9.02. The first kappa shape index (κ1) is 15.8. The normalized spacial score (nSPS) is 35.0. The highest BCUT2D eigenvalue weighted by Gasteiger charge is 2.49. The maximum atomic E-state index is 12.3. The maximum absolute atomic E-state index is 12.3. The highest BCUT2D eigenvalue weighted by Crippen LogP contribution is 2.55. The number of rotatable bonds is 4. The summed E-state index contributed by atoms with van der Waals surface area (Å²) in [5.41, 5.74) is 3.85. The molecule has 3 rings (SSSR count). The van der Waals surface area contributed by atoms with Crippen LogP contribution in [0.4, 0.5) is 0 Å². The van der Waals surface area contributed by atoms with E-state index < -0.39 is 0 Å². The van der Waals surface area contributed by atoms with Crippen molar-refractivity contribution in [3.8, 4) is 0 Å². The van der Waals surface area contributed by atoms with Crippen LogP contribution in [0.3, 0.4) is 0 Å². The van der Waals surface area contributed by atoms with Crippen LogP contribution in [-0.2, 0) is 9.53 Å². The van der Waals surface area contributed by atoms with E-state index in [-0.39, 0.29) is 5.97 Å². The lowest BCUT2D eigenvalue weighted by molar-refractivity contribution is -0.136. The van der Waals surface area contributed by atoms with E-state index in [4.69, 9.17) is 4.74 Å². The van der Waals surface area contributed by atoms with Gasteiger partial charge < -0.3 is 4.74 Å². The fourth-order valence-corrected chi connectivity index (χ4v) is 4.58. The van der Waals surface area contributed by atoms with E-state index in [1.165, 1.54) is 30.4 Å². The zero-order valence-corrected chi connectivity index (χ0v) is 14.5. The van der Waals surface area contributed by atoms with Gasteiger partial charge in [0, 0.05) is 5.57 Å². The Morgan fingerprint density at radius 3 is 2.86 bits per heavy atom. The summed E-state index contributed by atoms with van der Waals surface area (Å²) in [4.78, 5) is 12.3. The Balaban J connectivity index is 1.79. The molecule has 0 N–H and O–H groups in total. The fourth-order valence-electron chi connectivity index (χ4n) is 4.58. The number of carbonyl (C=O) groups excluding carboxylic acids is 1. The van der Waals surface area contributed by atoms with Crippen molar-refractivity contribution in [1.82, 2.24) is 0 Å². The summed E-state index contributed by atoms with van der Waals surface area (Å²) in [5.74, 6) is 3.26. The molecule has 2 aliphatic carbocycles. The van der Waals surface area contributed by atoms with Crippen molar-refractivity contribution in [2.45, 2.75) is 59.8 Å². The van der Waals surface area contributed by atoms with Gasteiger partial charge in [0.25, 0.3) is 0 Å². The van der Waals surface area contributed by atoms with Crippen molar-refractivity contribution in [2.75, 3.05) is 6.61 Å². The molecule has 0 bridgehead atoms. The van der Waals surface area contributed by atoms with E-state index in [1.807, 2.05) is 0 Å². The average Bonchev–Trinajstić information content (AvgIpc) is 3.15. The van der Waals surface area contributed by atoms with Gasteiger partial charge in [-0.1, -0.05) is 25.5 Å². The quantitative estimate of drug-likeness (QED) is 0.545. The molecular weight excluding hydrogens is 272 g/mol. The van der Waals surface area contributed by atoms with Crippen LogP contribution in [0.2, 0.25) is 0 Å². The SMILES string of the molecule is CC(C)=CCC[C@H](C)[C@H]1CC[C@H](C)[C@H]2C[C@H]2C2=C1C(=O)OC2. The molecule has 1 fully saturated rings. The smallest absolute Gasteiger partial charge is 0.334 e. The monoisotopic (exact) mass is 302 g/mol. The van der Waals surface area contributed by atoms with E-state index in [0.29, 0.717) is 24.4 Å². The molecule has 0 aromatic rings. The number of esters is 1. The molecular formula is C20H30O2. The van der Waals surface area contributed by atoms with Gasteiger partial charge in [-0.2, -0.15) is 0 Å². The molecule has 2 heteroatoms. The maximum Gasteiger partial charge on any atom is 0.334 e. The van der Waals surface area contributed by atoms with E-state index in [9.17, 15) is 4.79 Å². The molecule has 122 valence electrons. The predicted molar refractivity (Wildman–Crippen MR) is 89.3 cm³/mol. The predicted octanol–water partition coefficient (Wildman–Crippen LogP) is 4.90. The lowest BCUT2D eigenvalue weighted by Gasteiger charge is -2.28. The Morgan fingerprint density at radius 2 is 2.14 bits per heavy atom. The van der Waals surface area contributed by atoms with E-state index in [1.54, 1.807) is 0 Å². The van der Waals surface area contributed by atoms with Gasteiger partial charge >= 0.3 is 5.97 Å². The van der Waals surface area contributed by atoms with Gasteiger partial charge in [-0.3, -0.25) is 0 Å². The van der Waals surface area contributed by atoms with Crippen molar-refractivity contribution in [1.29, 1.82) is 0 Å². The summed E-state index contributed by atoms with van der Waals surface area (Å²) in [7, 11) is 0. The van der Waals surface area contributed by atoms with Crippen molar-refractivity contribution < 1.29 is 9.53 Å². The number of hydrogen-bond donors (Lipinski definition) is 0. The van der Waals surface area contributed by atoms with Crippen molar-refractivity contribution in [2.24, 2.45) is 29.6 Å². The second kappa shape index (κ2) is 6.22. The van der Waals surface area contributed by atoms with Crippen LogP contribution in [0.1, 0.15) is 59.8 Å². The molecule has 0 spiro atoms. The summed E-state index contributed by atoms with van der Waals surface area (Å²) in [5, 5.41) is 0. The Hall–Kier alpha value is -1.05. The molecule has 2 nitrogen and oxygen atoms in total. The topological polar surface area (TPSA) is 26.3 Å². The Labute approximate surface area is 135 Å². The molecule has 1 saturated carbocycles. The summed E-state index contributed by atoms with van der Waals surface area (Å²) in [6.45, 7) is 9.63. The van der Waals surface area contributed by atoms with E-state index in [2.05, 4.69) is 33.8 Å². The molecule has 1 heterocycles. The molecule has 3 aliphatic rings. The zero-order valence-electron chi connectivity index (χ0n) is 14.5. The van der Waals surface area contributed by atoms with Gasteiger partial charge in [0.15, 0.2) is 0 Å². The van der Waals surface area contributed by atoms with Gasteiger partial charge in [-0.15, -0.1) is 0 Å². The highest BCUT2D eigenvalue weighted by molar-refractivity contribution is 5.92. The molecule has 0 aromatic heterocycles. The third-order valence-electron chi connectivity index (χ3n) is 6.11. The number of fused-ring (bicyclic) bond motifs is 2. The molecule has 0 radical (unpaired) electrons. The first-order chi connectivity index (χ1) is 10.5.